The minimum absolute atomic E-state index is 0.282. The summed E-state index contributed by atoms with van der Waals surface area (Å²) in [6.07, 6.45) is 3.22. The Labute approximate surface area is 140 Å². The first-order valence-corrected chi connectivity index (χ1v) is 9.58. The van der Waals surface area contributed by atoms with Gasteiger partial charge in [0.05, 0.1) is 4.90 Å². The third kappa shape index (κ3) is 4.34. The number of hydrogen-bond acceptors (Lipinski definition) is 2. The molecule has 0 fully saturated rings. The molecule has 0 atom stereocenters. The van der Waals surface area contributed by atoms with Crippen molar-refractivity contribution in [3.63, 3.8) is 0 Å². The van der Waals surface area contributed by atoms with E-state index >= 15 is 0 Å². The molecule has 0 spiro atoms. The van der Waals surface area contributed by atoms with Gasteiger partial charge in [-0.2, -0.15) is 0 Å². The van der Waals surface area contributed by atoms with Gasteiger partial charge < -0.3 is 0 Å². The summed E-state index contributed by atoms with van der Waals surface area (Å²) in [5.74, 6) is 0. The average Bonchev–Trinajstić information content (AvgIpc) is 2.49. The van der Waals surface area contributed by atoms with E-state index in [1.807, 2.05) is 25.1 Å². The van der Waals surface area contributed by atoms with E-state index < -0.39 is 10.0 Å². The van der Waals surface area contributed by atoms with Crippen LogP contribution in [-0.2, 0) is 16.4 Å². The molecule has 2 rings (SSSR count). The van der Waals surface area contributed by atoms with Gasteiger partial charge in [-0.3, -0.25) is 4.72 Å². The highest BCUT2D eigenvalue weighted by Crippen LogP contribution is 2.23. The maximum atomic E-state index is 12.4. The summed E-state index contributed by atoms with van der Waals surface area (Å²) in [5.41, 5.74) is 2.77. The lowest BCUT2D eigenvalue weighted by atomic mass is 10.1. The van der Waals surface area contributed by atoms with E-state index in [1.54, 1.807) is 24.3 Å². The van der Waals surface area contributed by atoms with E-state index in [2.05, 4.69) is 27.6 Å². The Morgan fingerprint density at radius 1 is 1.09 bits per heavy atom. The number of unbranched alkanes of at least 4 members (excludes halogenated alkanes) is 1. The molecule has 0 aliphatic rings. The summed E-state index contributed by atoms with van der Waals surface area (Å²) >= 11 is 3.41. The van der Waals surface area contributed by atoms with Gasteiger partial charge in [-0.15, -0.1) is 0 Å². The van der Waals surface area contributed by atoms with Crippen molar-refractivity contribution >= 4 is 31.6 Å². The molecule has 0 saturated heterocycles. The number of hydrogen-bond donors (Lipinski definition) is 1. The maximum Gasteiger partial charge on any atom is 0.261 e. The Morgan fingerprint density at radius 2 is 1.77 bits per heavy atom. The molecule has 2 aromatic rings. The number of anilines is 1. The van der Waals surface area contributed by atoms with Gasteiger partial charge in [-0.25, -0.2) is 8.42 Å². The molecule has 3 nitrogen and oxygen atoms in total. The summed E-state index contributed by atoms with van der Waals surface area (Å²) in [5, 5.41) is 0. The Kier molecular flexibility index (Phi) is 5.64. The highest BCUT2D eigenvalue weighted by Gasteiger charge is 2.14. The predicted molar refractivity (Wildman–Crippen MR) is 94.7 cm³/mol. The molecular weight excluding hydrogens is 362 g/mol. The van der Waals surface area contributed by atoms with Crippen LogP contribution in [0.2, 0.25) is 0 Å². The van der Waals surface area contributed by atoms with Crippen molar-refractivity contribution in [3.8, 4) is 0 Å². The highest BCUT2D eigenvalue weighted by atomic mass is 79.9. The van der Waals surface area contributed by atoms with Crippen LogP contribution in [0.15, 0.2) is 51.8 Å². The van der Waals surface area contributed by atoms with Crippen molar-refractivity contribution in [1.82, 2.24) is 0 Å². The molecule has 2 aromatic carbocycles. The van der Waals surface area contributed by atoms with E-state index in [4.69, 9.17) is 0 Å². The van der Waals surface area contributed by atoms with Gasteiger partial charge in [-0.1, -0.05) is 47.5 Å². The zero-order valence-electron chi connectivity index (χ0n) is 12.8. The number of aryl methyl sites for hydroxylation is 2. The number of halogens is 1. The highest BCUT2D eigenvalue weighted by molar-refractivity contribution is 9.10. The molecule has 0 radical (unpaired) electrons. The first kappa shape index (κ1) is 17.0. The van der Waals surface area contributed by atoms with Gasteiger partial charge in [-0.05, 0) is 55.2 Å². The monoisotopic (exact) mass is 381 g/mol. The first-order chi connectivity index (χ1) is 10.4. The molecule has 118 valence electrons. The molecule has 0 amide bonds. The largest absolute Gasteiger partial charge is 0.280 e. The van der Waals surface area contributed by atoms with Crippen LogP contribution < -0.4 is 4.72 Å². The van der Waals surface area contributed by atoms with Crippen LogP contribution in [0, 0.1) is 6.92 Å². The van der Waals surface area contributed by atoms with Crippen LogP contribution in [0.4, 0.5) is 5.69 Å². The van der Waals surface area contributed by atoms with Crippen molar-refractivity contribution in [1.29, 1.82) is 0 Å². The van der Waals surface area contributed by atoms with Gasteiger partial charge in [0.15, 0.2) is 0 Å². The topological polar surface area (TPSA) is 46.2 Å². The second-order valence-electron chi connectivity index (χ2n) is 5.32. The molecule has 0 aliphatic carbocycles. The fourth-order valence-electron chi connectivity index (χ4n) is 2.09. The molecule has 0 saturated carbocycles. The van der Waals surface area contributed by atoms with Crippen LogP contribution in [0.3, 0.4) is 0 Å². The van der Waals surface area contributed by atoms with Crippen molar-refractivity contribution in [2.75, 3.05) is 4.72 Å². The van der Waals surface area contributed by atoms with Gasteiger partial charge in [0, 0.05) is 10.2 Å². The lowest BCUT2D eigenvalue weighted by Gasteiger charge is -2.10. The molecule has 0 heterocycles. The first-order valence-electron chi connectivity index (χ1n) is 7.30. The predicted octanol–water partition coefficient (Wildman–Crippen LogP) is 4.90. The van der Waals surface area contributed by atoms with Crippen LogP contribution in [0.1, 0.15) is 30.9 Å². The SMILES string of the molecule is CCCCc1ccc(S(=O)(=O)Nc2ccc(C)c(Br)c2)cc1. The van der Waals surface area contributed by atoms with Gasteiger partial charge in [0.2, 0.25) is 0 Å². The van der Waals surface area contributed by atoms with E-state index in [0.29, 0.717) is 5.69 Å². The fourth-order valence-corrected chi connectivity index (χ4v) is 3.51. The molecule has 1 N–H and O–H groups in total. The summed E-state index contributed by atoms with van der Waals surface area (Å²) in [4.78, 5) is 0.282. The number of rotatable bonds is 6. The molecule has 5 heteroatoms. The zero-order chi connectivity index (χ0) is 16.2. The molecule has 0 unspecified atom stereocenters. The Bertz CT molecular complexity index is 740. The van der Waals surface area contributed by atoms with E-state index in [1.165, 1.54) is 5.56 Å². The zero-order valence-corrected chi connectivity index (χ0v) is 15.2. The van der Waals surface area contributed by atoms with E-state index in [0.717, 1.165) is 29.3 Å². The third-order valence-electron chi connectivity index (χ3n) is 3.48. The van der Waals surface area contributed by atoms with Crippen LogP contribution in [0.5, 0.6) is 0 Å². The fraction of sp³-hybridized carbons (Fsp3) is 0.294. The van der Waals surface area contributed by atoms with Crippen molar-refractivity contribution < 1.29 is 8.42 Å². The number of sulfonamides is 1. The lowest BCUT2D eigenvalue weighted by molar-refractivity contribution is 0.601. The van der Waals surface area contributed by atoms with E-state index in [-0.39, 0.29) is 4.90 Å². The quantitative estimate of drug-likeness (QED) is 0.772. The normalized spacial score (nSPS) is 11.4. The minimum atomic E-state index is -3.55. The summed E-state index contributed by atoms with van der Waals surface area (Å²) in [6, 6.07) is 12.5. The standard InChI is InChI=1S/C17H20BrNO2S/c1-3-4-5-14-7-10-16(11-8-14)22(20,21)19-15-9-6-13(2)17(18)12-15/h6-12,19H,3-5H2,1-2H3. The van der Waals surface area contributed by atoms with E-state index in [9.17, 15) is 8.42 Å². The van der Waals surface area contributed by atoms with Gasteiger partial charge in [0.1, 0.15) is 0 Å². The third-order valence-corrected chi connectivity index (χ3v) is 5.73. The molecule has 22 heavy (non-hydrogen) atoms. The second-order valence-corrected chi connectivity index (χ2v) is 7.85. The lowest BCUT2D eigenvalue weighted by Crippen LogP contribution is -2.13. The molecule has 0 aromatic heterocycles. The van der Waals surface area contributed by atoms with Crippen LogP contribution in [-0.4, -0.2) is 8.42 Å². The smallest absolute Gasteiger partial charge is 0.261 e. The molecule has 0 aliphatic heterocycles. The minimum Gasteiger partial charge on any atom is -0.280 e. The van der Waals surface area contributed by atoms with Gasteiger partial charge in [0.25, 0.3) is 10.0 Å². The Morgan fingerprint density at radius 3 is 2.36 bits per heavy atom. The second kappa shape index (κ2) is 7.29. The Hall–Kier alpha value is -1.33. The maximum absolute atomic E-state index is 12.4. The molecule has 0 bridgehead atoms. The van der Waals surface area contributed by atoms with Crippen molar-refractivity contribution in [3.05, 3.63) is 58.1 Å². The number of benzene rings is 2. The summed E-state index contributed by atoms with van der Waals surface area (Å²) < 4.78 is 28.3. The molecular formula is C17H20BrNO2S. The van der Waals surface area contributed by atoms with Crippen molar-refractivity contribution in [2.45, 2.75) is 38.0 Å². The van der Waals surface area contributed by atoms with Crippen LogP contribution in [0.25, 0.3) is 0 Å². The summed E-state index contributed by atoms with van der Waals surface area (Å²) in [6.45, 7) is 4.10. The number of nitrogens with one attached hydrogen (secondary N) is 1. The van der Waals surface area contributed by atoms with Crippen molar-refractivity contribution in [2.24, 2.45) is 0 Å². The Balaban J connectivity index is 2.17. The average molecular weight is 382 g/mol. The summed E-state index contributed by atoms with van der Waals surface area (Å²) in [7, 11) is -3.55. The van der Waals surface area contributed by atoms with Crippen LogP contribution >= 0.6 is 15.9 Å². The van der Waals surface area contributed by atoms with Gasteiger partial charge >= 0.3 is 0 Å².